The van der Waals surface area contributed by atoms with E-state index in [4.69, 9.17) is 21.8 Å². The fraction of sp³-hybridized carbons (Fsp3) is 0. The topological polar surface area (TPSA) is 64.9 Å². The van der Waals surface area contributed by atoms with Gasteiger partial charge in [0.2, 0.25) is 5.89 Å². The maximum Gasteiger partial charge on any atom is 0.247 e. The number of nitrogens with zero attached hydrogens (tertiary/aromatic N) is 2. The summed E-state index contributed by atoms with van der Waals surface area (Å²) >= 11 is 9.35. The van der Waals surface area contributed by atoms with Crippen LogP contribution in [0.15, 0.2) is 39.4 Å². The normalized spacial score (nSPS) is 11.0. The number of hydrogen-bond donors (Lipinski definition) is 1. The molecule has 4 nitrogen and oxygen atoms in total. The molecule has 0 amide bonds. The Bertz CT molecular complexity index is 702. The number of rotatable bonds is 1. The molecule has 0 spiro atoms. The first-order valence-corrected chi connectivity index (χ1v) is 6.28. The molecular formula is C12H7BrClN3O. The first-order chi connectivity index (χ1) is 8.65. The van der Waals surface area contributed by atoms with Crippen LogP contribution in [0.1, 0.15) is 0 Å². The standard InChI is InChI=1S/C12H7BrClN3O/c13-6-2-1-3-16-11(6)12-17-9-4-7(14)8(15)5-10(9)18-12/h1-5H,15H2. The van der Waals surface area contributed by atoms with Crippen molar-refractivity contribution in [3.63, 3.8) is 0 Å². The van der Waals surface area contributed by atoms with E-state index in [1.807, 2.05) is 12.1 Å². The van der Waals surface area contributed by atoms with Gasteiger partial charge in [0.05, 0.1) is 10.7 Å². The lowest BCUT2D eigenvalue weighted by atomic mass is 10.3. The highest BCUT2D eigenvalue weighted by Gasteiger charge is 2.13. The molecule has 18 heavy (non-hydrogen) atoms. The Morgan fingerprint density at radius 1 is 1.33 bits per heavy atom. The second-order valence-electron chi connectivity index (χ2n) is 3.69. The molecule has 0 aliphatic carbocycles. The zero-order valence-electron chi connectivity index (χ0n) is 9.02. The lowest BCUT2D eigenvalue weighted by Crippen LogP contribution is -1.85. The lowest BCUT2D eigenvalue weighted by Gasteiger charge is -1.96. The van der Waals surface area contributed by atoms with Crippen LogP contribution in [0, 0.1) is 0 Å². The van der Waals surface area contributed by atoms with Crippen molar-refractivity contribution in [1.29, 1.82) is 0 Å². The second kappa shape index (κ2) is 4.26. The van der Waals surface area contributed by atoms with Crippen LogP contribution in [-0.4, -0.2) is 9.97 Å². The van der Waals surface area contributed by atoms with E-state index in [2.05, 4.69) is 25.9 Å². The molecule has 0 fully saturated rings. The third-order valence-electron chi connectivity index (χ3n) is 2.47. The molecule has 0 unspecified atom stereocenters. The van der Waals surface area contributed by atoms with E-state index in [9.17, 15) is 0 Å². The summed E-state index contributed by atoms with van der Waals surface area (Å²) in [4.78, 5) is 8.57. The highest BCUT2D eigenvalue weighted by Crippen LogP contribution is 2.31. The van der Waals surface area contributed by atoms with Crippen molar-refractivity contribution in [3.8, 4) is 11.6 Å². The van der Waals surface area contributed by atoms with Crippen molar-refractivity contribution in [2.75, 3.05) is 5.73 Å². The quantitative estimate of drug-likeness (QED) is 0.690. The number of benzene rings is 1. The molecule has 0 aliphatic rings. The number of halogens is 2. The van der Waals surface area contributed by atoms with Crippen LogP contribution in [0.3, 0.4) is 0 Å². The molecule has 6 heteroatoms. The molecule has 0 bridgehead atoms. The summed E-state index contributed by atoms with van der Waals surface area (Å²) in [5.74, 6) is 0.430. The van der Waals surface area contributed by atoms with Crippen LogP contribution >= 0.6 is 27.5 Å². The number of nitrogens with two attached hydrogens (primary N) is 1. The van der Waals surface area contributed by atoms with Crippen molar-refractivity contribution in [2.45, 2.75) is 0 Å². The van der Waals surface area contributed by atoms with Crippen molar-refractivity contribution in [2.24, 2.45) is 0 Å². The molecule has 90 valence electrons. The van der Waals surface area contributed by atoms with Gasteiger partial charge in [0.1, 0.15) is 11.2 Å². The summed E-state index contributed by atoms with van der Waals surface area (Å²) < 4.78 is 6.44. The van der Waals surface area contributed by atoms with Crippen molar-refractivity contribution >= 4 is 44.3 Å². The number of fused-ring (bicyclic) bond motifs is 1. The number of oxazole rings is 1. The Morgan fingerprint density at radius 2 is 2.17 bits per heavy atom. The molecule has 2 heterocycles. The third kappa shape index (κ3) is 1.85. The zero-order chi connectivity index (χ0) is 12.7. The van der Waals surface area contributed by atoms with Gasteiger partial charge in [-0.1, -0.05) is 11.6 Å². The van der Waals surface area contributed by atoms with Crippen molar-refractivity contribution in [1.82, 2.24) is 9.97 Å². The number of pyridine rings is 1. The molecule has 2 N–H and O–H groups in total. The molecule has 0 atom stereocenters. The van der Waals surface area contributed by atoms with Crippen molar-refractivity contribution < 1.29 is 4.42 Å². The molecular weight excluding hydrogens is 318 g/mol. The van der Waals surface area contributed by atoms with Crippen LogP contribution in [0.2, 0.25) is 5.02 Å². The van der Waals surface area contributed by atoms with Gasteiger partial charge in [-0.2, -0.15) is 0 Å². The molecule has 0 radical (unpaired) electrons. The van der Waals surface area contributed by atoms with Gasteiger partial charge in [-0.15, -0.1) is 0 Å². The Morgan fingerprint density at radius 3 is 2.94 bits per heavy atom. The van der Waals surface area contributed by atoms with Gasteiger partial charge >= 0.3 is 0 Å². The smallest absolute Gasteiger partial charge is 0.247 e. The van der Waals surface area contributed by atoms with Crippen LogP contribution in [0.4, 0.5) is 5.69 Å². The summed E-state index contributed by atoms with van der Waals surface area (Å²) in [6.07, 6.45) is 1.68. The summed E-state index contributed by atoms with van der Waals surface area (Å²) in [6.45, 7) is 0. The van der Waals surface area contributed by atoms with Crippen molar-refractivity contribution in [3.05, 3.63) is 40.0 Å². The highest BCUT2D eigenvalue weighted by molar-refractivity contribution is 9.10. The summed E-state index contributed by atoms with van der Waals surface area (Å²) in [6, 6.07) is 7.03. The van der Waals surface area contributed by atoms with Gasteiger partial charge in [0.15, 0.2) is 5.58 Å². The summed E-state index contributed by atoms with van der Waals surface area (Å²) in [5.41, 5.74) is 8.07. The lowest BCUT2D eigenvalue weighted by molar-refractivity contribution is 0.616. The Kier molecular flexibility index (Phi) is 2.72. The van der Waals surface area contributed by atoms with Crippen LogP contribution in [0.5, 0.6) is 0 Å². The van der Waals surface area contributed by atoms with E-state index in [0.29, 0.717) is 33.4 Å². The second-order valence-corrected chi connectivity index (χ2v) is 4.96. The van der Waals surface area contributed by atoms with E-state index >= 15 is 0 Å². The van der Waals surface area contributed by atoms with E-state index in [0.717, 1.165) is 4.47 Å². The van der Waals surface area contributed by atoms with E-state index in [1.165, 1.54) is 0 Å². The first-order valence-electron chi connectivity index (χ1n) is 5.11. The predicted molar refractivity (Wildman–Crippen MR) is 74.4 cm³/mol. The molecule has 0 aliphatic heterocycles. The molecule has 0 saturated heterocycles. The number of nitrogen functional groups attached to an aromatic ring is 1. The zero-order valence-corrected chi connectivity index (χ0v) is 11.4. The minimum absolute atomic E-state index is 0.430. The average Bonchev–Trinajstić information content (AvgIpc) is 2.73. The van der Waals surface area contributed by atoms with Gasteiger partial charge in [-0.05, 0) is 34.1 Å². The summed E-state index contributed by atoms with van der Waals surface area (Å²) in [5, 5.41) is 0.461. The molecule has 1 aromatic carbocycles. The van der Waals surface area contributed by atoms with Gasteiger partial charge in [-0.3, -0.25) is 0 Å². The van der Waals surface area contributed by atoms with Crippen LogP contribution < -0.4 is 5.73 Å². The van der Waals surface area contributed by atoms with E-state index in [-0.39, 0.29) is 0 Å². The molecule has 2 aromatic heterocycles. The van der Waals surface area contributed by atoms with E-state index < -0.39 is 0 Å². The Hall–Kier alpha value is -1.59. The molecule has 0 saturated carbocycles. The number of anilines is 1. The van der Waals surface area contributed by atoms with Gasteiger partial charge in [0, 0.05) is 16.7 Å². The highest BCUT2D eigenvalue weighted by atomic mass is 79.9. The van der Waals surface area contributed by atoms with Gasteiger partial charge < -0.3 is 10.2 Å². The number of hydrogen-bond acceptors (Lipinski definition) is 4. The summed E-state index contributed by atoms with van der Waals surface area (Å²) in [7, 11) is 0. The maximum absolute atomic E-state index is 5.94. The van der Waals surface area contributed by atoms with Crippen LogP contribution in [0.25, 0.3) is 22.7 Å². The first kappa shape index (κ1) is 11.5. The average molecular weight is 325 g/mol. The Labute approximate surface area is 116 Å². The van der Waals surface area contributed by atoms with Gasteiger partial charge in [-0.25, -0.2) is 9.97 Å². The predicted octanol–water partition coefficient (Wildman–Crippen LogP) is 3.89. The fourth-order valence-corrected chi connectivity index (χ4v) is 2.19. The van der Waals surface area contributed by atoms with Crippen LogP contribution in [-0.2, 0) is 0 Å². The van der Waals surface area contributed by atoms with E-state index in [1.54, 1.807) is 18.3 Å². The maximum atomic E-state index is 5.94. The third-order valence-corrected chi connectivity index (χ3v) is 3.44. The number of aromatic nitrogens is 2. The largest absolute Gasteiger partial charge is 0.435 e. The Balaban J connectivity index is 2.23. The molecule has 3 rings (SSSR count). The minimum Gasteiger partial charge on any atom is -0.435 e. The minimum atomic E-state index is 0.430. The SMILES string of the molecule is Nc1cc2oc(-c3ncccc3Br)nc2cc1Cl. The van der Waals surface area contributed by atoms with Gasteiger partial charge in [0.25, 0.3) is 0 Å². The molecule has 3 aromatic rings. The monoisotopic (exact) mass is 323 g/mol. The fourth-order valence-electron chi connectivity index (χ4n) is 1.61.